The molecule has 140 valence electrons. The van der Waals surface area contributed by atoms with E-state index in [2.05, 4.69) is 9.80 Å². The smallest absolute Gasteiger partial charge is 0.163 e. The minimum Gasteiger partial charge on any atom is -0.493 e. The summed E-state index contributed by atoms with van der Waals surface area (Å²) in [6.45, 7) is 4.70. The number of likely N-dealkylation sites (tertiary alicyclic amines) is 2. The summed E-state index contributed by atoms with van der Waals surface area (Å²) in [5.74, 6) is 0.623. The molecule has 1 aromatic carbocycles. The average molecular weight is 352 g/mol. The maximum atomic E-state index is 14.3. The molecule has 2 heterocycles. The molecule has 1 aromatic rings. The van der Waals surface area contributed by atoms with Gasteiger partial charge in [-0.05, 0) is 38.4 Å². The van der Waals surface area contributed by atoms with Crippen molar-refractivity contribution in [2.24, 2.45) is 0 Å². The van der Waals surface area contributed by atoms with Crippen molar-refractivity contribution in [2.45, 2.75) is 37.8 Å². The van der Waals surface area contributed by atoms with Crippen molar-refractivity contribution in [3.8, 4) is 11.5 Å². The molecule has 6 heteroatoms. The van der Waals surface area contributed by atoms with Gasteiger partial charge in [0.05, 0.1) is 19.8 Å². The summed E-state index contributed by atoms with van der Waals surface area (Å²) in [5.41, 5.74) is -0.121. The van der Waals surface area contributed by atoms with Gasteiger partial charge in [-0.25, -0.2) is 4.39 Å². The van der Waals surface area contributed by atoms with E-state index in [-0.39, 0.29) is 5.82 Å². The Balaban J connectivity index is 1.62. The molecule has 5 nitrogen and oxygen atoms in total. The quantitative estimate of drug-likeness (QED) is 0.851. The molecule has 2 saturated heterocycles. The lowest BCUT2D eigenvalue weighted by molar-refractivity contribution is 0.00627. The first-order valence-electron chi connectivity index (χ1n) is 9.10. The first-order valence-corrected chi connectivity index (χ1v) is 9.10. The van der Waals surface area contributed by atoms with E-state index in [4.69, 9.17) is 9.47 Å². The topological polar surface area (TPSA) is 45.2 Å². The van der Waals surface area contributed by atoms with E-state index in [9.17, 15) is 9.50 Å². The van der Waals surface area contributed by atoms with Gasteiger partial charge in [-0.2, -0.15) is 0 Å². The third kappa shape index (κ3) is 4.43. The number of rotatable bonds is 6. The molecule has 0 radical (unpaired) electrons. The van der Waals surface area contributed by atoms with Crippen molar-refractivity contribution in [3.63, 3.8) is 0 Å². The monoisotopic (exact) mass is 352 g/mol. The highest BCUT2D eigenvalue weighted by Crippen LogP contribution is 2.32. The summed E-state index contributed by atoms with van der Waals surface area (Å²) in [6, 6.07) is 3.06. The summed E-state index contributed by atoms with van der Waals surface area (Å²) >= 11 is 0. The molecule has 0 aliphatic carbocycles. The van der Waals surface area contributed by atoms with Gasteiger partial charge in [0.15, 0.2) is 11.5 Å². The van der Waals surface area contributed by atoms with Crippen LogP contribution in [-0.2, 0) is 6.54 Å². The molecule has 0 bridgehead atoms. The van der Waals surface area contributed by atoms with Crippen molar-refractivity contribution >= 4 is 0 Å². The van der Waals surface area contributed by atoms with Gasteiger partial charge in [0.2, 0.25) is 0 Å². The van der Waals surface area contributed by atoms with Crippen molar-refractivity contribution in [3.05, 3.63) is 23.5 Å². The number of methoxy groups -OCH3 is 2. The zero-order valence-electron chi connectivity index (χ0n) is 15.3. The Morgan fingerprint density at radius 2 is 1.72 bits per heavy atom. The fourth-order valence-corrected chi connectivity index (χ4v) is 4.00. The van der Waals surface area contributed by atoms with Crippen LogP contribution in [0.3, 0.4) is 0 Å². The Morgan fingerprint density at radius 3 is 2.40 bits per heavy atom. The van der Waals surface area contributed by atoms with E-state index in [1.165, 1.54) is 32.4 Å². The van der Waals surface area contributed by atoms with E-state index in [1.807, 2.05) is 0 Å². The zero-order chi connectivity index (χ0) is 17.9. The van der Waals surface area contributed by atoms with Crippen LogP contribution < -0.4 is 9.47 Å². The number of β-amino-alcohol motifs (C(OH)–C–C–N with tert-alkyl or cyclic N) is 1. The molecule has 2 aliphatic heterocycles. The number of ether oxygens (including phenoxy) is 2. The Hall–Kier alpha value is -1.37. The van der Waals surface area contributed by atoms with Crippen LogP contribution in [-0.4, -0.2) is 67.5 Å². The van der Waals surface area contributed by atoms with Crippen LogP contribution >= 0.6 is 0 Å². The van der Waals surface area contributed by atoms with Crippen LogP contribution in [0.15, 0.2) is 12.1 Å². The minimum absolute atomic E-state index is 0.302. The molecular weight excluding hydrogens is 323 g/mol. The molecule has 2 fully saturated rings. The lowest BCUT2D eigenvalue weighted by Crippen LogP contribution is -2.46. The molecule has 1 N–H and O–H groups in total. The Bertz CT molecular complexity index is 592. The van der Waals surface area contributed by atoms with E-state index in [1.54, 1.807) is 13.2 Å². The zero-order valence-corrected chi connectivity index (χ0v) is 15.3. The molecule has 1 atom stereocenters. The Labute approximate surface area is 149 Å². The second kappa shape index (κ2) is 7.89. The van der Waals surface area contributed by atoms with E-state index in [0.29, 0.717) is 30.2 Å². The van der Waals surface area contributed by atoms with Crippen molar-refractivity contribution in [1.29, 1.82) is 0 Å². The number of hydrogen-bond acceptors (Lipinski definition) is 5. The van der Waals surface area contributed by atoms with Crippen LogP contribution in [0.1, 0.15) is 31.2 Å². The lowest BCUT2D eigenvalue weighted by atomic mass is 10.0. The molecule has 1 unspecified atom stereocenters. The van der Waals surface area contributed by atoms with Gasteiger partial charge in [0, 0.05) is 37.8 Å². The van der Waals surface area contributed by atoms with Gasteiger partial charge >= 0.3 is 0 Å². The maximum absolute atomic E-state index is 14.3. The van der Waals surface area contributed by atoms with Gasteiger partial charge in [-0.1, -0.05) is 6.42 Å². The van der Waals surface area contributed by atoms with Crippen LogP contribution in [0, 0.1) is 5.82 Å². The first kappa shape index (κ1) is 18.4. The number of nitrogens with zero attached hydrogens (tertiary/aromatic N) is 2. The lowest BCUT2D eigenvalue weighted by Gasteiger charge is -2.33. The third-order valence-corrected chi connectivity index (χ3v) is 5.32. The first-order chi connectivity index (χ1) is 12.0. The van der Waals surface area contributed by atoms with Crippen LogP contribution in [0.4, 0.5) is 4.39 Å². The SMILES string of the molecule is COc1cc(F)c(CN2CCC(O)(CN3CCCCC3)C2)cc1OC. The second-order valence-corrected chi connectivity index (χ2v) is 7.32. The normalized spacial score (nSPS) is 25.3. The summed E-state index contributed by atoms with van der Waals surface area (Å²) in [6.07, 6.45) is 4.46. The van der Waals surface area contributed by atoms with Crippen LogP contribution in [0.5, 0.6) is 11.5 Å². The molecule has 0 aromatic heterocycles. The number of aliphatic hydroxyl groups is 1. The van der Waals surface area contributed by atoms with Gasteiger partial charge in [0.1, 0.15) is 5.82 Å². The average Bonchev–Trinajstić information content (AvgIpc) is 2.97. The fraction of sp³-hybridized carbons (Fsp3) is 0.684. The van der Waals surface area contributed by atoms with Crippen molar-refractivity contribution < 1.29 is 19.0 Å². The highest BCUT2D eigenvalue weighted by atomic mass is 19.1. The maximum Gasteiger partial charge on any atom is 0.163 e. The predicted octanol–water partition coefficient (Wildman–Crippen LogP) is 2.27. The van der Waals surface area contributed by atoms with E-state index < -0.39 is 5.60 Å². The minimum atomic E-state index is -0.690. The van der Waals surface area contributed by atoms with Gasteiger partial charge in [-0.3, -0.25) is 4.90 Å². The Kier molecular flexibility index (Phi) is 5.81. The summed E-state index contributed by atoms with van der Waals surface area (Å²) in [5, 5.41) is 10.9. The molecule has 0 amide bonds. The highest BCUT2D eigenvalue weighted by Gasteiger charge is 2.37. The summed E-state index contributed by atoms with van der Waals surface area (Å²) in [4.78, 5) is 4.48. The Morgan fingerprint density at radius 1 is 1.04 bits per heavy atom. The third-order valence-electron chi connectivity index (χ3n) is 5.32. The number of hydrogen-bond donors (Lipinski definition) is 1. The molecule has 2 aliphatic rings. The summed E-state index contributed by atoms with van der Waals surface area (Å²) in [7, 11) is 3.05. The van der Waals surface area contributed by atoms with Crippen molar-refractivity contribution in [1.82, 2.24) is 9.80 Å². The van der Waals surface area contributed by atoms with Crippen LogP contribution in [0.2, 0.25) is 0 Å². The predicted molar refractivity (Wildman–Crippen MR) is 94.6 cm³/mol. The highest BCUT2D eigenvalue weighted by molar-refractivity contribution is 5.43. The number of benzene rings is 1. The largest absolute Gasteiger partial charge is 0.493 e. The fourth-order valence-electron chi connectivity index (χ4n) is 4.00. The molecular formula is C19H29FN2O3. The van der Waals surface area contributed by atoms with E-state index >= 15 is 0 Å². The number of halogens is 1. The molecule has 0 spiro atoms. The standard InChI is InChI=1S/C19H29FN2O3/c1-24-17-10-15(16(20)11-18(17)25-2)12-22-9-6-19(23,14-22)13-21-7-4-3-5-8-21/h10-11,23H,3-9,12-14H2,1-2H3. The van der Waals surface area contributed by atoms with Gasteiger partial charge in [-0.15, -0.1) is 0 Å². The van der Waals surface area contributed by atoms with Gasteiger partial charge in [0.25, 0.3) is 0 Å². The molecule has 25 heavy (non-hydrogen) atoms. The van der Waals surface area contributed by atoms with Gasteiger partial charge < -0.3 is 19.5 Å². The van der Waals surface area contributed by atoms with E-state index in [0.717, 1.165) is 32.6 Å². The summed E-state index contributed by atoms with van der Waals surface area (Å²) < 4.78 is 24.7. The molecule has 3 rings (SSSR count). The molecule has 0 saturated carbocycles. The second-order valence-electron chi connectivity index (χ2n) is 7.32. The van der Waals surface area contributed by atoms with Crippen molar-refractivity contribution in [2.75, 3.05) is 46.9 Å². The number of piperidine rings is 1. The van der Waals surface area contributed by atoms with Crippen LogP contribution in [0.25, 0.3) is 0 Å².